The smallest absolute Gasteiger partial charge is 0.410 e. The molecule has 0 aliphatic carbocycles. The molecule has 1 heterocycles. The maximum atomic E-state index is 12.2. The minimum atomic E-state index is -0.487. The zero-order valence-corrected chi connectivity index (χ0v) is 14.0. The van der Waals surface area contributed by atoms with Crippen LogP contribution in [0.15, 0.2) is 24.3 Å². The number of nitrogens with zero attached hydrogens (tertiary/aromatic N) is 1. The lowest BCUT2D eigenvalue weighted by molar-refractivity contribution is -0.00824. The van der Waals surface area contributed by atoms with Gasteiger partial charge in [-0.1, -0.05) is 29.8 Å². The highest BCUT2D eigenvalue weighted by molar-refractivity contribution is 5.68. The Kier molecular flexibility index (Phi) is 5.12. The molecule has 1 aromatic rings. The first kappa shape index (κ1) is 16.8. The van der Waals surface area contributed by atoms with Gasteiger partial charge in [0, 0.05) is 19.0 Å². The summed E-state index contributed by atoms with van der Waals surface area (Å²) < 4.78 is 5.44. The van der Waals surface area contributed by atoms with Crippen LogP contribution in [0.3, 0.4) is 0 Å². The van der Waals surface area contributed by atoms with E-state index in [4.69, 9.17) is 4.74 Å². The number of aryl methyl sites for hydroxylation is 1. The highest BCUT2D eigenvalue weighted by Crippen LogP contribution is 2.23. The molecule has 0 radical (unpaired) electrons. The Morgan fingerprint density at radius 3 is 2.77 bits per heavy atom. The van der Waals surface area contributed by atoms with E-state index in [9.17, 15) is 9.90 Å². The van der Waals surface area contributed by atoms with Gasteiger partial charge in [0.2, 0.25) is 0 Å². The summed E-state index contributed by atoms with van der Waals surface area (Å²) in [5.74, 6) is 0.0584. The van der Waals surface area contributed by atoms with Gasteiger partial charge in [-0.15, -0.1) is 0 Å². The quantitative estimate of drug-likeness (QED) is 0.913. The lowest BCUT2D eigenvalue weighted by Gasteiger charge is -2.37. The summed E-state index contributed by atoms with van der Waals surface area (Å²) in [4.78, 5) is 13.9. The highest BCUT2D eigenvalue weighted by Gasteiger charge is 2.32. The van der Waals surface area contributed by atoms with E-state index in [1.807, 2.05) is 26.8 Å². The van der Waals surface area contributed by atoms with Gasteiger partial charge in [0.05, 0.1) is 6.10 Å². The summed E-state index contributed by atoms with van der Waals surface area (Å²) in [5.41, 5.74) is 1.93. The molecule has 1 aliphatic rings. The van der Waals surface area contributed by atoms with Crippen molar-refractivity contribution < 1.29 is 14.6 Å². The van der Waals surface area contributed by atoms with E-state index >= 15 is 0 Å². The number of piperidine rings is 1. The van der Waals surface area contributed by atoms with Gasteiger partial charge in [0.25, 0.3) is 0 Å². The molecule has 0 aromatic heterocycles. The molecule has 1 fully saturated rings. The minimum absolute atomic E-state index is 0.0584. The lowest BCUT2D eigenvalue weighted by Crippen LogP contribution is -2.48. The summed E-state index contributed by atoms with van der Waals surface area (Å²) >= 11 is 0. The average Bonchev–Trinajstić information content (AvgIpc) is 2.39. The Morgan fingerprint density at radius 1 is 1.41 bits per heavy atom. The van der Waals surface area contributed by atoms with E-state index in [0.29, 0.717) is 19.5 Å². The molecule has 1 N–H and O–H groups in total. The Hall–Kier alpha value is -1.55. The summed E-state index contributed by atoms with van der Waals surface area (Å²) in [6, 6.07) is 8.31. The van der Waals surface area contributed by atoms with Crippen molar-refractivity contribution >= 4 is 6.09 Å². The maximum Gasteiger partial charge on any atom is 0.410 e. The number of hydrogen-bond acceptors (Lipinski definition) is 3. The van der Waals surface area contributed by atoms with Gasteiger partial charge in [-0.3, -0.25) is 0 Å². The standard InChI is InChI=1S/C18H27NO3/c1-13-6-5-7-14(10-13)11-15-12-19(9-8-16(15)20)17(21)22-18(2,3)4/h5-7,10,15-16,20H,8-9,11-12H2,1-4H3/t15-,16+/m1/s1. The molecule has 2 rings (SSSR count). The van der Waals surface area contributed by atoms with Crippen LogP contribution in [-0.4, -0.2) is 40.9 Å². The Labute approximate surface area is 133 Å². The number of amides is 1. The van der Waals surface area contributed by atoms with Crippen LogP contribution in [0.2, 0.25) is 0 Å². The monoisotopic (exact) mass is 305 g/mol. The van der Waals surface area contributed by atoms with Gasteiger partial charge >= 0.3 is 6.09 Å². The van der Waals surface area contributed by atoms with Crippen LogP contribution in [0.5, 0.6) is 0 Å². The van der Waals surface area contributed by atoms with E-state index in [0.717, 1.165) is 6.42 Å². The molecule has 0 unspecified atom stereocenters. The number of carbonyl (C=O) groups excluding carboxylic acids is 1. The molecule has 1 aliphatic heterocycles. The number of benzene rings is 1. The third kappa shape index (κ3) is 4.73. The van der Waals surface area contributed by atoms with Gasteiger partial charge in [0.1, 0.15) is 5.60 Å². The molecular formula is C18H27NO3. The van der Waals surface area contributed by atoms with Gasteiger partial charge in [0.15, 0.2) is 0 Å². The summed E-state index contributed by atoms with van der Waals surface area (Å²) in [6.45, 7) is 8.77. The van der Waals surface area contributed by atoms with E-state index in [1.165, 1.54) is 11.1 Å². The minimum Gasteiger partial charge on any atom is -0.444 e. The molecule has 22 heavy (non-hydrogen) atoms. The Morgan fingerprint density at radius 2 is 2.14 bits per heavy atom. The van der Waals surface area contributed by atoms with E-state index in [-0.39, 0.29) is 18.1 Å². The van der Waals surface area contributed by atoms with E-state index < -0.39 is 5.60 Å². The van der Waals surface area contributed by atoms with Gasteiger partial charge in [-0.05, 0) is 46.1 Å². The number of carbonyl (C=O) groups is 1. The first-order valence-electron chi connectivity index (χ1n) is 7.96. The fourth-order valence-electron chi connectivity index (χ4n) is 2.85. The molecule has 4 heteroatoms. The molecule has 1 aromatic carbocycles. The number of aliphatic hydroxyl groups excluding tert-OH is 1. The van der Waals surface area contributed by atoms with Gasteiger partial charge < -0.3 is 14.7 Å². The zero-order valence-electron chi connectivity index (χ0n) is 14.0. The number of ether oxygens (including phenoxy) is 1. The molecule has 0 spiro atoms. The predicted octanol–water partition coefficient (Wildman–Crippen LogP) is 3.16. The largest absolute Gasteiger partial charge is 0.444 e. The van der Waals surface area contributed by atoms with Crippen molar-refractivity contribution in [3.63, 3.8) is 0 Å². The second-order valence-corrected chi connectivity index (χ2v) is 7.24. The van der Waals surface area contributed by atoms with Crippen molar-refractivity contribution in [1.29, 1.82) is 0 Å². The zero-order chi connectivity index (χ0) is 16.3. The SMILES string of the molecule is Cc1cccc(C[C@@H]2CN(C(=O)OC(C)(C)C)CC[C@@H]2O)c1. The van der Waals surface area contributed by atoms with Crippen LogP contribution in [-0.2, 0) is 11.2 Å². The van der Waals surface area contributed by atoms with E-state index in [1.54, 1.807) is 4.90 Å². The van der Waals surface area contributed by atoms with Crippen LogP contribution < -0.4 is 0 Å². The first-order chi connectivity index (χ1) is 10.2. The first-order valence-corrected chi connectivity index (χ1v) is 7.96. The number of aliphatic hydroxyl groups is 1. The summed E-state index contributed by atoms with van der Waals surface area (Å²) in [5, 5.41) is 10.3. The Balaban J connectivity index is 2.00. The van der Waals surface area contributed by atoms with Crippen molar-refractivity contribution in [2.75, 3.05) is 13.1 Å². The topological polar surface area (TPSA) is 49.8 Å². The summed E-state index contributed by atoms with van der Waals surface area (Å²) in [7, 11) is 0. The fraction of sp³-hybridized carbons (Fsp3) is 0.611. The molecule has 1 amide bonds. The summed E-state index contributed by atoms with van der Waals surface area (Å²) in [6.07, 6.45) is 0.741. The van der Waals surface area contributed by atoms with Crippen LogP contribution in [0.1, 0.15) is 38.3 Å². The number of hydrogen-bond donors (Lipinski definition) is 1. The van der Waals surface area contributed by atoms with Crippen LogP contribution >= 0.6 is 0 Å². The molecule has 4 nitrogen and oxygen atoms in total. The van der Waals surface area contributed by atoms with Crippen molar-refractivity contribution in [1.82, 2.24) is 4.90 Å². The second-order valence-electron chi connectivity index (χ2n) is 7.24. The number of likely N-dealkylation sites (tertiary alicyclic amines) is 1. The molecular weight excluding hydrogens is 278 g/mol. The molecule has 122 valence electrons. The second kappa shape index (κ2) is 6.69. The third-order valence-corrected chi connectivity index (χ3v) is 3.93. The Bertz CT molecular complexity index is 521. The molecule has 1 saturated heterocycles. The van der Waals surface area contributed by atoms with Crippen molar-refractivity contribution in [3.05, 3.63) is 35.4 Å². The normalized spacial score (nSPS) is 22.5. The van der Waals surface area contributed by atoms with Gasteiger partial charge in [-0.2, -0.15) is 0 Å². The van der Waals surface area contributed by atoms with Crippen molar-refractivity contribution in [2.45, 2.75) is 52.2 Å². The van der Waals surface area contributed by atoms with E-state index in [2.05, 4.69) is 25.1 Å². The molecule has 2 atom stereocenters. The van der Waals surface area contributed by atoms with Crippen molar-refractivity contribution in [2.24, 2.45) is 5.92 Å². The fourth-order valence-corrected chi connectivity index (χ4v) is 2.85. The predicted molar refractivity (Wildman–Crippen MR) is 86.8 cm³/mol. The lowest BCUT2D eigenvalue weighted by atomic mass is 9.88. The maximum absolute atomic E-state index is 12.2. The third-order valence-electron chi connectivity index (χ3n) is 3.93. The van der Waals surface area contributed by atoms with Crippen LogP contribution in [0.4, 0.5) is 4.79 Å². The average molecular weight is 305 g/mol. The van der Waals surface area contributed by atoms with Crippen molar-refractivity contribution in [3.8, 4) is 0 Å². The van der Waals surface area contributed by atoms with Crippen LogP contribution in [0.25, 0.3) is 0 Å². The molecule has 0 bridgehead atoms. The van der Waals surface area contributed by atoms with Gasteiger partial charge in [-0.25, -0.2) is 4.79 Å². The molecule has 0 saturated carbocycles. The number of rotatable bonds is 2. The van der Waals surface area contributed by atoms with Crippen LogP contribution in [0, 0.1) is 12.8 Å². The highest BCUT2D eigenvalue weighted by atomic mass is 16.6.